The van der Waals surface area contributed by atoms with E-state index < -0.39 is 5.97 Å². The van der Waals surface area contributed by atoms with Crippen molar-refractivity contribution < 1.29 is 19.8 Å². The molecule has 0 aromatic heterocycles. The molecular weight excluding hydrogens is 244 g/mol. The number of aliphatic imine (C=N–C) groups is 1. The minimum atomic E-state index is -1.19. The van der Waals surface area contributed by atoms with Gasteiger partial charge in [-0.3, -0.25) is 0 Å². The van der Waals surface area contributed by atoms with Crippen LogP contribution in [0.25, 0.3) is 0 Å². The molecule has 17 heavy (non-hydrogen) atoms. The zero-order valence-electron chi connectivity index (χ0n) is 8.53. The molecule has 1 aromatic rings. The first-order valence-corrected chi connectivity index (χ1v) is 5.07. The second kappa shape index (κ2) is 4.38. The SMILES string of the molecule is O=C(O)c1cc(O)ccc1ON1CC=NC1=S. The number of rotatable bonds is 3. The van der Waals surface area contributed by atoms with E-state index in [9.17, 15) is 9.90 Å². The van der Waals surface area contributed by atoms with Crippen LogP contribution in [-0.4, -0.2) is 39.1 Å². The standard InChI is InChI=1S/C10H8N2O4S/c13-6-1-2-8(7(5-6)9(14)15)16-12-4-3-11-10(12)17/h1-3,5,13H,4H2,(H,14,15). The smallest absolute Gasteiger partial charge is 0.339 e. The van der Waals surface area contributed by atoms with Gasteiger partial charge in [0.2, 0.25) is 5.11 Å². The molecule has 6 nitrogen and oxygen atoms in total. The van der Waals surface area contributed by atoms with Crippen molar-refractivity contribution in [3.05, 3.63) is 23.8 Å². The monoisotopic (exact) mass is 252 g/mol. The molecule has 0 spiro atoms. The van der Waals surface area contributed by atoms with E-state index in [-0.39, 0.29) is 22.2 Å². The van der Waals surface area contributed by atoms with Gasteiger partial charge >= 0.3 is 5.97 Å². The van der Waals surface area contributed by atoms with Gasteiger partial charge in [0, 0.05) is 6.21 Å². The first kappa shape index (κ1) is 11.3. The number of hydroxylamine groups is 2. The molecule has 1 aliphatic heterocycles. The second-order valence-electron chi connectivity index (χ2n) is 3.23. The van der Waals surface area contributed by atoms with E-state index in [1.165, 1.54) is 17.2 Å². The van der Waals surface area contributed by atoms with Crippen LogP contribution >= 0.6 is 12.2 Å². The summed E-state index contributed by atoms with van der Waals surface area (Å²) in [4.78, 5) is 20.1. The summed E-state index contributed by atoms with van der Waals surface area (Å²) in [5.41, 5.74) is -0.139. The third-order valence-electron chi connectivity index (χ3n) is 2.06. The van der Waals surface area contributed by atoms with Gasteiger partial charge in [0.1, 0.15) is 11.3 Å². The van der Waals surface area contributed by atoms with Crippen LogP contribution < -0.4 is 4.84 Å². The Hall–Kier alpha value is -2.15. The van der Waals surface area contributed by atoms with Crippen molar-refractivity contribution in [3.63, 3.8) is 0 Å². The van der Waals surface area contributed by atoms with Gasteiger partial charge in [-0.15, -0.1) is 0 Å². The fourth-order valence-electron chi connectivity index (χ4n) is 1.30. The molecule has 0 unspecified atom stereocenters. The number of benzene rings is 1. The van der Waals surface area contributed by atoms with Gasteiger partial charge in [-0.1, -0.05) is 0 Å². The van der Waals surface area contributed by atoms with Gasteiger partial charge in [0.15, 0.2) is 5.75 Å². The number of carboxylic acids is 1. The maximum Gasteiger partial charge on any atom is 0.339 e. The van der Waals surface area contributed by atoms with E-state index in [1.807, 2.05) is 0 Å². The van der Waals surface area contributed by atoms with Crippen molar-refractivity contribution in [1.82, 2.24) is 5.06 Å². The molecule has 2 rings (SSSR count). The first-order chi connectivity index (χ1) is 8.08. The Kier molecular flexibility index (Phi) is 2.92. The van der Waals surface area contributed by atoms with Crippen LogP contribution in [0, 0.1) is 0 Å². The predicted molar refractivity (Wildman–Crippen MR) is 63.5 cm³/mol. The highest BCUT2D eigenvalue weighted by atomic mass is 32.1. The van der Waals surface area contributed by atoms with Gasteiger partial charge < -0.3 is 15.1 Å². The normalized spacial score (nSPS) is 14.1. The molecule has 0 saturated heterocycles. The van der Waals surface area contributed by atoms with Crippen LogP contribution in [0.5, 0.6) is 11.5 Å². The number of aromatic carboxylic acids is 1. The van der Waals surface area contributed by atoms with Crippen molar-refractivity contribution in [2.24, 2.45) is 4.99 Å². The van der Waals surface area contributed by atoms with Crippen LogP contribution in [0.3, 0.4) is 0 Å². The van der Waals surface area contributed by atoms with Gasteiger partial charge in [-0.25, -0.2) is 9.79 Å². The number of thiocarbonyl (C=S) groups is 1. The van der Waals surface area contributed by atoms with Crippen LogP contribution in [-0.2, 0) is 0 Å². The summed E-state index contributed by atoms with van der Waals surface area (Å²) >= 11 is 4.88. The number of carbonyl (C=O) groups is 1. The number of carboxylic acid groups (broad SMARTS) is 1. The van der Waals surface area contributed by atoms with E-state index >= 15 is 0 Å². The summed E-state index contributed by atoms with van der Waals surface area (Å²) < 4.78 is 0. The molecule has 1 heterocycles. The van der Waals surface area contributed by atoms with Gasteiger partial charge in [0.25, 0.3) is 0 Å². The molecular formula is C10H8N2O4S. The van der Waals surface area contributed by atoms with Crippen molar-refractivity contribution in [2.75, 3.05) is 6.54 Å². The topological polar surface area (TPSA) is 82.4 Å². The van der Waals surface area contributed by atoms with E-state index in [1.54, 1.807) is 6.21 Å². The predicted octanol–water partition coefficient (Wildman–Crippen LogP) is 1.06. The summed E-state index contributed by atoms with van der Waals surface area (Å²) in [6.07, 6.45) is 1.56. The highest BCUT2D eigenvalue weighted by Crippen LogP contribution is 2.24. The first-order valence-electron chi connectivity index (χ1n) is 4.66. The van der Waals surface area contributed by atoms with Crippen molar-refractivity contribution in [3.8, 4) is 11.5 Å². The molecule has 1 aliphatic rings. The van der Waals surface area contributed by atoms with Crippen LogP contribution in [0.4, 0.5) is 0 Å². The Morgan fingerprint density at radius 1 is 1.53 bits per heavy atom. The Morgan fingerprint density at radius 3 is 2.88 bits per heavy atom. The number of hydrogen-bond donors (Lipinski definition) is 2. The number of phenolic OH excluding ortho intramolecular Hbond substituents is 1. The molecule has 0 fully saturated rings. The average Bonchev–Trinajstić information content (AvgIpc) is 2.67. The van der Waals surface area contributed by atoms with Crippen LogP contribution in [0.15, 0.2) is 23.2 Å². The lowest BCUT2D eigenvalue weighted by Gasteiger charge is -2.17. The van der Waals surface area contributed by atoms with Gasteiger partial charge in [0.05, 0.1) is 6.54 Å². The highest BCUT2D eigenvalue weighted by molar-refractivity contribution is 7.80. The van der Waals surface area contributed by atoms with Gasteiger partial charge in [-0.05, 0) is 30.4 Å². The largest absolute Gasteiger partial charge is 0.508 e. The molecule has 0 radical (unpaired) electrons. The fraction of sp³-hybridized carbons (Fsp3) is 0.100. The number of phenols is 1. The lowest BCUT2D eigenvalue weighted by atomic mass is 10.2. The summed E-state index contributed by atoms with van der Waals surface area (Å²) in [7, 11) is 0. The van der Waals surface area contributed by atoms with Crippen molar-refractivity contribution in [2.45, 2.75) is 0 Å². The number of hydrogen-bond acceptors (Lipinski definition) is 4. The third-order valence-corrected chi connectivity index (χ3v) is 2.37. The Morgan fingerprint density at radius 2 is 2.29 bits per heavy atom. The summed E-state index contributed by atoms with van der Waals surface area (Å²) in [5, 5.41) is 19.7. The quantitative estimate of drug-likeness (QED) is 0.783. The molecule has 0 bridgehead atoms. The molecule has 0 aliphatic carbocycles. The maximum absolute atomic E-state index is 11.0. The number of nitrogens with zero attached hydrogens (tertiary/aromatic N) is 2. The minimum absolute atomic E-state index is 0.100. The zero-order chi connectivity index (χ0) is 12.4. The van der Waals surface area contributed by atoms with E-state index in [0.29, 0.717) is 6.54 Å². The molecule has 88 valence electrons. The second-order valence-corrected chi connectivity index (χ2v) is 3.60. The van der Waals surface area contributed by atoms with E-state index in [2.05, 4.69) is 4.99 Å². The zero-order valence-corrected chi connectivity index (χ0v) is 9.35. The van der Waals surface area contributed by atoms with Gasteiger partial charge in [-0.2, -0.15) is 5.06 Å². The molecule has 0 amide bonds. The third kappa shape index (κ3) is 2.34. The maximum atomic E-state index is 11.0. The minimum Gasteiger partial charge on any atom is -0.508 e. The van der Waals surface area contributed by atoms with Crippen LogP contribution in [0.1, 0.15) is 10.4 Å². The Balaban J connectivity index is 2.26. The van der Waals surface area contributed by atoms with Crippen molar-refractivity contribution >= 4 is 29.5 Å². The average molecular weight is 252 g/mol. The Labute approximate surface area is 102 Å². The number of aromatic hydroxyl groups is 1. The van der Waals surface area contributed by atoms with E-state index in [0.717, 1.165) is 6.07 Å². The van der Waals surface area contributed by atoms with Crippen LogP contribution in [0.2, 0.25) is 0 Å². The molecule has 1 aromatic carbocycles. The summed E-state index contributed by atoms with van der Waals surface area (Å²) in [5.74, 6) is -1.24. The van der Waals surface area contributed by atoms with Crippen molar-refractivity contribution in [1.29, 1.82) is 0 Å². The Bertz CT molecular complexity index is 515. The molecule has 7 heteroatoms. The summed E-state index contributed by atoms with van der Waals surface area (Å²) in [6.45, 7) is 0.360. The highest BCUT2D eigenvalue weighted by Gasteiger charge is 2.19. The lowest BCUT2D eigenvalue weighted by molar-refractivity contribution is 0.0386. The fourth-order valence-corrected chi connectivity index (χ4v) is 1.48. The molecule has 2 N–H and O–H groups in total. The molecule has 0 saturated carbocycles. The lowest BCUT2D eigenvalue weighted by Crippen LogP contribution is -2.29. The molecule has 0 atom stereocenters. The summed E-state index contributed by atoms with van der Waals surface area (Å²) in [6, 6.07) is 3.80. The van der Waals surface area contributed by atoms with E-state index in [4.69, 9.17) is 22.2 Å².